The molecular weight excluding hydrogens is 220 g/mol. The first-order chi connectivity index (χ1) is 8.84. The normalized spacial score (nSPS) is 25.6. The molecule has 1 aliphatic carbocycles. The summed E-state index contributed by atoms with van der Waals surface area (Å²) in [6, 6.07) is 9.87. The molecule has 18 heavy (non-hydrogen) atoms. The zero-order valence-corrected chi connectivity index (χ0v) is 11.1. The number of hydrogen-bond acceptors (Lipinski definition) is 2. The van der Waals surface area contributed by atoms with Gasteiger partial charge in [-0.15, -0.1) is 0 Å². The molecule has 0 saturated heterocycles. The van der Waals surface area contributed by atoms with Crippen molar-refractivity contribution in [2.75, 3.05) is 11.4 Å². The summed E-state index contributed by atoms with van der Waals surface area (Å²) in [5, 5.41) is 0. The summed E-state index contributed by atoms with van der Waals surface area (Å²) in [6.07, 6.45) is 9.34. The summed E-state index contributed by atoms with van der Waals surface area (Å²) in [7, 11) is 0. The summed E-state index contributed by atoms with van der Waals surface area (Å²) in [4.78, 5) is 2.61. The summed E-state index contributed by atoms with van der Waals surface area (Å²) in [6.45, 7) is 1.04. The third kappa shape index (κ3) is 2.39. The van der Waals surface area contributed by atoms with Crippen LogP contribution in [-0.4, -0.2) is 18.6 Å². The highest BCUT2D eigenvalue weighted by Crippen LogP contribution is 2.32. The molecule has 2 nitrogen and oxygen atoms in total. The number of nitrogens with two attached hydrogens (primary N) is 1. The fourth-order valence-corrected chi connectivity index (χ4v) is 3.58. The van der Waals surface area contributed by atoms with Crippen molar-refractivity contribution in [3.8, 4) is 0 Å². The fraction of sp³-hybridized carbons (Fsp3) is 0.625. The monoisotopic (exact) mass is 244 g/mol. The number of anilines is 1. The van der Waals surface area contributed by atoms with Crippen molar-refractivity contribution in [3.63, 3.8) is 0 Å². The van der Waals surface area contributed by atoms with Crippen LogP contribution in [0.4, 0.5) is 5.69 Å². The lowest BCUT2D eigenvalue weighted by atomic mass is 9.95. The largest absolute Gasteiger partial charge is 0.367 e. The van der Waals surface area contributed by atoms with E-state index in [0.717, 1.165) is 19.0 Å². The molecule has 3 rings (SSSR count). The Labute approximate surface area is 110 Å². The minimum atomic E-state index is 0.308. The molecule has 1 unspecified atom stereocenters. The molecule has 0 amide bonds. The van der Waals surface area contributed by atoms with E-state index in [9.17, 15) is 0 Å². The van der Waals surface area contributed by atoms with Gasteiger partial charge >= 0.3 is 0 Å². The van der Waals surface area contributed by atoms with E-state index in [1.807, 2.05) is 0 Å². The molecule has 0 aromatic heterocycles. The zero-order valence-electron chi connectivity index (χ0n) is 11.1. The molecule has 0 bridgehead atoms. The van der Waals surface area contributed by atoms with Crippen LogP contribution in [0.5, 0.6) is 0 Å². The zero-order chi connectivity index (χ0) is 12.4. The minimum Gasteiger partial charge on any atom is -0.367 e. The Kier molecular flexibility index (Phi) is 3.55. The number of fused-ring (bicyclic) bond motifs is 1. The number of nitrogens with zero attached hydrogens (tertiary/aromatic N) is 1. The first-order valence-electron chi connectivity index (χ1n) is 7.45. The van der Waals surface area contributed by atoms with Gasteiger partial charge in [-0.25, -0.2) is 0 Å². The van der Waals surface area contributed by atoms with Gasteiger partial charge < -0.3 is 10.6 Å². The smallest absolute Gasteiger partial charge is 0.0402 e. The van der Waals surface area contributed by atoms with Crippen molar-refractivity contribution in [2.24, 2.45) is 5.73 Å². The van der Waals surface area contributed by atoms with Gasteiger partial charge in [-0.1, -0.05) is 43.9 Å². The molecule has 1 aromatic rings. The Balaban J connectivity index is 1.86. The van der Waals surface area contributed by atoms with Crippen molar-refractivity contribution >= 4 is 5.69 Å². The molecule has 1 saturated carbocycles. The molecule has 0 radical (unpaired) electrons. The summed E-state index contributed by atoms with van der Waals surface area (Å²) in [5.74, 6) is 0. The third-order valence-electron chi connectivity index (χ3n) is 4.48. The van der Waals surface area contributed by atoms with Gasteiger partial charge in [0.2, 0.25) is 0 Å². The van der Waals surface area contributed by atoms with Crippen LogP contribution >= 0.6 is 0 Å². The molecule has 2 heteroatoms. The highest BCUT2D eigenvalue weighted by molar-refractivity contribution is 5.57. The van der Waals surface area contributed by atoms with E-state index in [2.05, 4.69) is 29.2 Å². The topological polar surface area (TPSA) is 29.3 Å². The van der Waals surface area contributed by atoms with Gasteiger partial charge in [0, 0.05) is 24.3 Å². The summed E-state index contributed by atoms with van der Waals surface area (Å²) < 4.78 is 0. The average molecular weight is 244 g/mol. The lowest BCUT2D eigenvalue weighted by molar-refractivity contribution is 0.482. The summed E-state index contributed by atoms with van der Waals surface area (Å²) in [5.41, 5.74) is 9.14. The molecule has 2 aliphatic rings. The van der Waals surface area contributed by atoms with Crippen LogP contribution in [0.25, 0.3) is 0 Å². The summed E-state index contributed by atoms with van der Waals surface area (Å²) >= 11 is 0. The Bertz CT molecular complexity index is 394. The van der Waals surface area contributed by atoms with Crippen LogP contribution in [0.1, 0.15) is 44.1 Å². The molecule has 2 N–H and O–H groups in total. The van der Waals surface area contributed by atoms with Crippen LogP contribution < -0.4 is 10.6 Å². The predicted octanol–water partition coefficient (Wildman–Crippen LogP) is 3.10. The number of benzene rings is 1. The van der Waals surface area contributed by atoms with Gasteiger partial charge in [0.1, 0.15) is 0 Å². The maximum absolute atomic E-state index is 6.24. The van der Waals surface area contributed by atoms with E-state index in [1.165, 1.54) is 49.8 Å². The van der Waals surface area contributed by atoms with Gasteiger partial charge in [-0.2, -0.15) is 0 Å². The Morgan fingerprint density at radius 3 is 2.50 bits per heavy atom. The average Bonchev–Trinajstić information content (AvgIpc) is 2.66. The molecule has 98 valence electrons. The molecular formula is C16H24N2. The maximum atomic E-state index is 6.24. The maximum Gasteiger partial charge on any atom is 0.0402 e. The Morgan fingerprint density at radius 1 is 1.00 bits per heavy atom. The van der Waals surface area contributed by atoms with E-state index < -0.39 is 0 Å². The van der Waals surface area contributed by atoms with Crippen molar-refractivity contribution < 1.29 is 0 Å². The van der Waals surface area contributed by atoms with E-state index in [4.69, 9.17) is 5.73 Å². The van der Waals surface area contributed by atoms with Crippen molar-refractivity contribution in [2.45, 2.75) is 57.0 Å². The second-order valence-corrected chi connectivity index (χ2v) is 5.89. The standard InChI is InChI=1S/C16H24N2/c17-14-11-13-7-5-6-10-16(13)18(12-14)15-8-3-1-2-4-9-15/h5-7,10,14-15H,1-4,8-9,11-12,17H2. The van der Waals surface area contributed by atoms with E-state index >= 15 is 0 Å². The van der Waals surface area contributed by atoms with Gasteiger partial charge in [-0.3, -0.25) is 0 Å². The minimum absolute atomic E-state index is 0.308. The quantitative estimate of drug-likeness (QED) is 0.769. The molecule has 1 atom stereocenters. The van der Waals surface area contributed by atoms with E-state index in [1.54, 1.807) is 0 Å². The van der Waals surface area contributed by atoms with Gasteiger partial charge in [0.25, 0.3) is 0 Å². The van der Waals surface area contributed by atoms with Gasteiger partial charge in [0.15, 0.2) is 0 Å². The molecule has 1 aliphatic heterocycles. The lowest BCUT2D eigenvalue weighted by Gasteiger charge is -2.40. The molecule has 1 fully saturated rings. The van der Waals surface area contributed by atoms with E-state index in [0.29, 0.717) is 6.04 Å². The third-order valence-corrected chi connectivity index (χ3v) is 4.48. The first-order valence-corrected chi connectivity index (χ1v) is 7.45. The Morgan fingerprint density at radius 2 is 1.72 bits per heavy atom. The molecule has 1 heterocycles. The first kappa shape index (κ1) is 12.0. The van der Waals surface area contributed by atoms with Gasteiger partial charge in [-0.05, 0) is 30.9 Å². The highest BCUT2D eigenvalue weighted by atomic mass is 15.2. The SMILES string of the molecule is NC1Cc2ccccc2N(C2CCCCCC2)C1. The second kappa shape index (κ2) is 5.31. The highest BCUT2D eigenvalue weighted by Gasteiger charge is 2.27. The van der Waals surface area contributed by atoms with Gasteiger partial charge in [0.05, 0.1) is 0 Å². The number of hydrogen-bond donors (Lipinski definition) is 1. The fourth-order valence-electron chi connectivity index (χ4n) is 3.58. The van der Waals surface area contributed by atoms with Crippen molar-refractivity contribution in [1.29, 1.82) is 0 Å². The number of rotatable bonds is 1. The van der Waals surface area contributed by atoms with Crippen molar-refractivity contribution in [3.05, 3.63) is 29.8 Å². The molecule has 0 spiro atoms. The number of para-hydroxylation sites is 1. The lowest BCUT2D eigenvalue weighted by Crippen LogP contribution is -2.48. The van der Waals surface area contributed by atoms with Crippen LogP contribution in [0, 0.1) is 0 Å². The molecule has 1 aromatic carbocycles. The van der Waals surface area contributed by atoms with Crippen LogP contribution in [0.15, 0.2) is 24.3 Å². The second-order valence-electron chi connectivity index (χ2n) is 5.89. The van der Waals surface area contributed by atoms with Crippen LogP contribution in [0.3, 0.4) is 0 Å². The van der Waals surface area contributed by atoms with Crippen LogP contribution in [0.2, 0.25) is 0 Å². The van der Waals surface area contributed by atoms with E-state index in [-0.39, 0.29) is 0 Å². The predicted molar refractivity (Wildman–Crippen MR) is 77.0 cm³/mol. The van der Waals surface area contributed by atoms with Crippen molar-refractivity contribution in [1.82, 2.24) is 0 Å². The van der Waals surface area contributed by atoms with Crippen LogP contribution in [-0.2, 0) is 6.42 Å². The Hall–Kier alpha value is -1.02.